The van der Waals surface area contributed by atoms with E-state index in [9.17, 15) is 4.79 Å². The molecule has 0 saturated carbocycles. The second-order valence-electron chi connectivity index (χ2n) is 4.27. The number of carbonyl (C=O) groups is 1. The van der Waals surface area contributed by atoms with E-state index in [0.29, 0.717) is 0 Å². The molecule has 0 unspecified atom stereocenters. The molecular formula is C13H20N2O. The standard InChI is InChI=1S/C13H20N2O/c1-4-10(3)12(14)13(16)15-11-7-5-9(2)6-8-11/h5-8,10,12H,4,14H2,1-3H3,(H,15,16)/t10-,12-/m0/s1. The van der Waals surface area contributed by atoms with Crippen LogP contribution in [0.1, 0.15) is 25.8 Å². The van der Waals surface area contributed by atoms with Gasteiger partial charge in [0.2, 0.25) is 5.91 Å². The molecule has 3 nitrogen and oxygen atoms in total. The van der Waals surface area contributed by atoms with Crippen LogP contribution < -0.4 is 11.1 Å². The molecule has 3 heteroatoms. The van der Waals surface area contributed by atoms with Crippen LogP contribution in [0.5, 0.6) is 0 Å². The third-order valence-electron chi connectivity index (χ3n) is 2.88. The molecule has 88 valence electrons. The number of rotatable bonds is 4. The molecule has 0 aliphatic heterocycles. The highest BCUT2D eigenvalue weighted by molar-refractivity contribution is 5.94. The fourth-order valence-electron chi connectivity index (χ4n) is 1.37. The Morgan fingerprint density at radius 1 is 1.38 bits per heavy atom. The maximum Gasteiger partial charge on any atom is 0.241 e. The molecule has 2 atom stereocenters. The van der Waals surface area contributed by atoms with Gasteiger partial charge in [-0.2, -0.15) is 0 Å². The minimum atomic E-state index is -0.439. The van der Waals surface area contributed by atoms with E-state index >= 15 is 0 Å². The van der Waals surface area contributed by atoms with Gasteiger partial charge in [-0.25, -0.2) is 0 Å². The first-order valence-electron chi connectivity index (χ1n) is 5.67. The van der Waals surface area contributed by atoms with Gasteiger partial charge < -0.3 is 11.1 Å². The Kier molecular flexibility index (Phi) is 4.50. The summed E-state index contributed by atoms with van der Waals surface area (Å²) in [6, 6.07) is 7.26. The third-order valence-corrected chi connectivity index (χ3v) is 2.88. The minimum absolute atomic E-state index is 0.113. The zero-order valence-corrected chi connectivity index (χ0v) is 10.2. The largest absolute Gasteiger partial charge is 0.325 e. The Morgan fingerprint density at radius 3 is 2.44 bits per heavy atom. The monoisotopic (exact) mass is 220 g/mol. The highest BCUT2D eigenvalue weighted by atomic mass is 16.2. The SMILES string of the molecule is CC[C@H](C)[C@H](N)C(=O)Nc1ccc(C)cc1. The van der Waals surface area contributed by atoms with Crippen LogP contribution >= 0.6 is 0 Å². The van der Waals surface area contributed by atoms with Gasteiger partial charge in [-0.3, -0.25) is 4.79 Å². The van der Waals surface area contributed by atoms with Crippen molar-refractivity contribution in [2.45, 2.75) is 33.2 Å². The van der Waals surface area contributed by atoms with Gasteiger partial charge in [0, 0.05) is 5.69 Å². The predicted molar refractivity (Wildman–Crippen MR) is 67.2 cm³/mol. The van der Waals surface area contributed by atoms with Crippen molar-refractivity contribution >= 4 is 11.6 Å². The molecule has 0 aliphatic rings. The van der Waals surface area contributed by atoms with E-state index in [1.165, 1.54) is 5.56 Å². The van der Waals surface area contributed by atoms with Crippen LogP contribution in [0.3, 0.4) is 0 Å². The van der Waals surface area contributed by atoms with Gasteiger partial charge in [0.1, 0.15) is 0 Å². The number of nitrogens with one attached hydrogen (secondary N) is 1. The van der Waals surface area contributed by atoms with Crippen LogP contribution in [-0.4, -0.2) is 11.9 Å². The Labute approximate surface area is 97.0 Å². The molecule has 0 aromatic heterocycles. The van der Waals surface area contributed by atoms with Crippen LogP contribution in [0.4, 0.5) is 5.69 Å². The Bertz CT molecular complexity index is 345. The summed E-state index contributed by atoms with van der Waals surface area (Å²) in [6.45, 7) is 6.03. The lowest BCUT2D eigenvalue weighted by molar-refractivity contribution is -0.118. The lowest BCUT2D eigenvalue weighted by Crippen LogP contribution is -2.40. The number of hydrogen-bond acceptors (Lipinski definition) is 2. The number of aryl methyl sites for hydroxylation is 1. The van der Waals surface area contributed by atoms with Crippen molar-refractivity contribution in [1.82, 2.24) is 0 Å². The van der Waals surface area contributed by atoms with Crippen molar-refractivity contribution in [2.75, 3.05) is 5.32 Å². The molecule has 0 heterocycles. The van der Waals surface area contributed by atoms with E-state index in [1.807, 2.05) is 45.0 Å². The lowest BCUT2D eigenvalue weighted by Gasteiger charge is -2.17. The lowest BCUT2D eigenvalue weighted by atomic mass is 9.99. The van der Waals surface area contributed by atoms with Crippen molar-refractivity contribution in [1.29, 1.82) is 0 Å². The molecule has 1 amide bonds. The maximum absolute atomic E-state index is 11.8. The van der Waals surface area contributed by atoms with Crippen LogP contribution in [0, 0.1) is 12.8 Å². The van der Waals surface area contributed by atoms with Crippen molar-refractivity contribution in [3.63, 3.8) is 0 Å². The van der Waals surface area contributed by atoms with Gasteiger partial charge in [-0.05, 0) is 25.0 Å². The maximum atomic E-state index is 11.8. The molecule has 0 fully saturated rings. The molecule has 1 aromatic rings. The summed E-state index contributed by atoms with van der Waals surface area (Å²) in [4.78, 5) is 11.8. The molecule has 0 saturated heterocycles. The molecule has 1 aromatic carbocycles. The fourth-order valence-corrected chi connectivity index (χ4v) is 1.37. The summed E-state index contributed by atoms with van der Waals surface area (Å²) in [5.74, 6) is 0.0867. The molecule has 3 N–H and O–H groups in total. The summed E-state index contributed by atoms with van der Waals surface area (Å²) in [6.07, 6.45) is 0.905. The van der Waals surface area contributed by atoms with E-state index in [4.69, 9.17) is 5.73 Å². The summed E-state index contributed by atoms with van der Waals surface area (Å²) < 4.78 is 0. The van der Waals surface area contributed by atoms with Gasteiger partial charge >= 0.3 is 0 Å². The van der Waals surface area contributed by atoms with Crippen LogP contribution in [-0.2, 0) is 4.79 Å². The zero-order chi connectivity index (χ0) is 12.1. The van der Waals surface area contributed by atoms with E-state index in [1.54, 1.807) is 0 Å². The molecule has 0 spiro atoms. The quantitative estimate of drug-likeness (QED) is 0.818. The smallest absolute Gasteiger partial charge is 0.241 e. The number of hydrogen-bond donors (Lipinski definition) is 2. The number of anilines is 1. The third kappa shape index (κ3) is 3.35. The number of carbonyl (C=O) groups excluding carboxylic acids is 1. The first-order valence-corrected chi connectivity index (χ1v) is 5.67. The first-order chi connectivity index (χ1) is 7.54. The number of amides is 1. The normalized spacial score (nSPS) is 14.2. The average molecular weight is 220 g/mol. The predicted octanol–water partition coefficient (Wildman–Crippen LogP) is 2.31. The van der Waals surface area contributed by atoms with Crippen molar-refractivity contribution < 1.29 is 4.79 Å². The Balaban J connectivity index is 2.60. The minimum Gasteiger partial charge on any atom is -0.325 e. The van der Waals surface area contributed by atoms with Gasteiger partial charge in [0.15, 0.2) is 0 Å². The topological polar surface area (TPSA) is 55.1 Å². The summed E-state index contributed by atoms with van der Waals surface area (Å²) in [7, 11) is 0. The van der Waals surface area contributed by atoms with Crippen molar-refractivity contribution in [3.05, 3.63) is 29.8 Å². The molecule has 16 heavy (non-hydrogen) atoms. The zero-order valence-electron chi connectivity index (χ0n) is 10.2. The highest BCUT2D eigenvalue weighted by Gasteiger charge is 2.19. The van der Waals surface area contributed by atoms with E-state index in [2.05, 4.69) is 5.32 Å². The molecule has 0 radical (unpaired) electrons. The van der Waals surface area contributed by atoms with Crippen LogP contribution in [0.15, 0.2) is 24.3 Å². The van der Waals surface area contributed by atoms with Crippen molar-refractivity contribution in [2.24, 2.45) is 11.7 Å². The average Bonchev–Trinajstić information content (AvgIpc) is 2.30. The summed E-state index contributed by atoms with van der Waals surface area (Å²) >= 11 is 0. The number of benzene rings is 1. The van der Waals surface area contributed by atoms with E-state index < -0.39 is 6.04 Å². The van der Waals surface area contributed by atoms with Crippen molar-refractivity contribution in [3.8, 4) is 0 Å². The summed E-state index contributed by atoms with van der Waals surface area (Å²) in [5, 5.41) is 2.82. The van der Waals surface area contributed by atoms with Gasteiger partial charge in [0.25, 0.3) is 0 Å². The highest BCUT2D eigenvalue weighted by Crippen LogP contribution is 2.11. The molecule has 1 rings (SSSR count). The second-order valence-corrected chi connectivity index (χ2v) is 4.27. The Morgan fingerprint density at radius 2 is 1.94 bits per heavy atom. The van der Waals surface area contributed by atoms with Gasteiger partial charge in [-0.1, -0.05) is 38.0 Å². The van der Waals surface area contributed by atoms with Crippen LogP contribution in [0.25, 0.3) is 0 Å². The molecular weight excluding hydrogens is 200 g/mol. The van der Waals surface area contributed by atoms with E-state index in [-0.39, 0.29) is 11.8 Å². The van der Waals surface area contributed by atoms with Gasteiger partial charge in [0.05, 0.1) is 6.04 Å². The van der Waals surface area contributed by atoms with Gasteiger partial charge in [-0.15, -0.1) is 0 Å². The Hall–Kier alpha value is -1.35. The second kappa shape index (κ2) is 5.66. The van der Waals surface area contributed by atoms with Crippen LogP contribution in [0.2, 0.25) is 0 Å². The summed E-state index contributed by atoms with van der Waals surface area (Å²) in [5.41, 5.74) is 7.81. The number of nitrogens with two attached hydrogens (primary N) is 1. The first kappa shape index (κ1) is 12.7. The van der Waals surface area contributed by atoms with E-state index in [0.717, 1.165) is 12.1 Å². The molecule has 0 bridgehead atoms. The fraction of sp³-hybridized carbons (Fsp3) is 0.462. The molecule has 0 aliphatic carbocycles.